The maximum absolute atomic E-state index is 6.30. The summed E-state index contributed by atoms with van der Waals surface area (Å²) in [5.41, 5.74) is 10.8. The molecule has 1 heterocycles. The van der Waals surface area contributed by atoms with E-state index in [0.717, 1.165) is 11.3 Å². The predicted octanol–water partition coefficient (Wildman–Crippen LogP) is 2.24. The fraction of sp³-hybridized carbons (Fsp3) is 0.333. The molecule has 0 saturated heterocycles. The summed E-state index contributed by atoms with van der Waals surface area (Å²) in [6, 6.07) is 5.94. The van der Waals surface area contributed by atoms with Crippen molar-refractivity contribution in [1.82, 2.24) is 15.0 Å². The van der Waals surface area contributed by atoms with Crippen LogP contribution in [0, 0.1) is 13.8 Å². The number of halogens is 1. The maximum atomic E-state index is 6.30. The predicted molar refractivity (Wildman–Crippen MR) is 70.6 cm³/mol. The Labute approximate surface area is 109 Å². The van der Waals surface area contributed by atoms with Crippen molar-refractivity contribution >= 4 is 15.9 Å². The van der Waals surface area contributed by atoms with E-state index in [1.807, 2.05) is 19.2 Å². The number of nitrogens with zero attached hydrogens (tertiary/aromatic N) is 3. The summed E-state index contributed by atoms with van der Waals surface area (Å²) in [6.45, 7) is 4.17. The van der Waals surface area contributed by atoms with Crippen LogP contribution in [0.15, 0.2) is 22.8 Å². The van der Waals surface area contributed by atoms with Crippen LogP contribution >= 0.6 is 15.9 Å². The average molecular weight is 295 g/mol. The van der Waals surface area contributed by atoms with E-state index in [4.69, 9.17) is 5.73 Å². The molecule has 90 valence electrons. The van der Waals surface area contributed by atoms with E-state index in [0.29, 0.717) is 4.60 Å². The number of nitrogens with two attached hydrogens (primary N) is 1. The minimum absolute atomic E-state index is 0.218. The van der Waals surface area contributed by atoms with Crippen LogP contribution in [0.3, 0.4) is 0 Å². The lowest BCUT2D eigenvalue weighted by Gasteiger charge is -2.16. The van der Waals surface area contributed by atoms with E-state index in [1.54, 1.807) is 4.68 Å². The van der Waals surface area contributed by atoms with Gasteiger partial charge in [0.1, 0.15) is 0 Å². The molecule has 1 aromatic carbocycles. The van der Waals surface area contributed by atoms with Crippen LogP contribution in [0.4, 0.5) is 0 Å². The normalized spacial score (nSPS) is 12.8. The van der Waals surface area contributed by atoms with E-state index in [-0.39, 0.29) is 6.04 Å². The van der Waals surface area contributed by atoms with Crippen molar-refractivity contribution in [1.29, 1.82) is 0 Å². The minimum Gasteiger partial charge on any atom is -0.319 e. The molecule has 4 nitrogen and oxygen atoms in total. The number of hydrogen-bond acceptors (Lipinski definition) is 3. The average Bonchev–Trinajstić information content (AvgIpc) is 2.62. The van der Waals surface area contributed by atoms with Gasteiger partial charge in [0.25, 0.3) is 0 Å². The third-order valence-corrected chi connectivity index (χ3v) is 3.67. The Balaban J connectivity index is 2.51. The molecule has 2 N–H and O–H groups in total. The summed E-state index contributed by atoms with van der Waals surface area (Å²) in [6.07, 6.45) is 0. The van der Waals surface area contributed by atoms with Crippen molar-refractivity contribution in [3.63, 3.8) is 0 Å². The molecule has 0 saturated carbocycles. The van der Waals surface area contributed by atoms with E-state index in [1.165, 1.54) is 11.1 Å². The molecule has 0 fully saturated rings. The molecular formula is C12H15BrN4. The number of hydrogen-bond donors (Lipinski definition) is 1. The Morgan fingerprint density at radius 1 is 1.35 bits per heavy atom. The summed E-state index contributed by atoms with van der Waals surface area (Å²) in [5.74, 6) is 0. The molecule has 0 radical (unpaired) electrons. The highest BCUT2D eigenvalue weighted by molar-refractivity contribution is 9.10. The molecule has 2 rings (SSSR count). The van der Waals surface area contributed by atoms with Crippen molar-refractivity contribution in [2.75, 3.05) is 0 Å². The Morgan fingerprint density at radius 3 is 2.65 bits per heavy atom. The van der Waals surface area contributed by atoms with Gasteiger partial charge in [-0.1, -0.05) is 23.4 Å². The van der Waals surface area contributed by atoms with Gasteiger partial charge in [-0.05, 0) is 46.5 Å². The molecule has 1 aromatic heterocycles. The summed E-state index contributed by atoms with van der Waals surface area (Å²) >= 11 is 3.38. The van der Waals surface area contributed by atoms with Gasteiger partial charge in [-0.2, -0.15) is 0 Å². The van der Waals surface area contributed by atoms with Crippen LogP contribution in [0.1, 0.15) is 28.4 Å². The van der Waals surface area contributed by atoms with Crippen molar-refractivity contribution in [3.8, 4) is 0 Å². The standard InChI is InChI=1S/C12H15BrN4/c1-7-5-4-6-9(8(7)2)10(14)11-12(13)15-16-17(11)3/h4-6,10H,14H2,1-3H3. The maximum Gasteiger partial charge on any atom is 0.153 e. The Kier molecular flexibility index (Phi) is 3.31. The second-order valence-electron chi connectivity index (χ2n) is 4.16. The Morgan fingerprint density at radius 2 is 2.06 bits per heavy atom. The second-order valence-corrected chi connectivity index (χ2v) is 4.91. The molecule has 1 unspecified atom stereocenters. The number of aryl methyl sites for hydroxylation is 2. The summed E-state index contributed by atoms with van der Waals surface area (Å²) in [4.78, 5) is 0. The third-order valence-electron chi connectivity index (χ3n) is 3.10. The van der Waals surface area contributed by atoms with E-state index in [2.05, 4.69) is 46.2 Å². The topological polar surface area (TPSA) is 56.7 Å². The van der Waals surface area contributed by atoms with Crippen LogP contribution in [0.25, 0.3) is 0 Å². The van der Waals surface area contributed by atoms with Crippen LogP contribution in [0.5, 0.6) is 0 Å². The SMILES string of the molecule is Cc1cccc(C(N)c2c(Br)nnn2C)c1C. The molecule has 5 heteroatoms. The van der Waals surface area contributed by atoms with Crippen molar-refractivity contribution in [2.24, 2.45) is 12.8 Å². The van der Waals surface area contributed by atoms with Crippen molar-refractivity contribution in [2.45, 2.75) is 19.9 Å². The van der Waals surface area contributed by atoms with Crippen LogP contribution in [-0.4, -0.2) is 15.0 Å². The number of rotatable bonds is 2. The highest BCUT2D eigenvalue weighted by Gasteiger charge is 2.19. The molecule has 0 amide bonds. The molecule has 1 atom stereocenters. The Bertz CT molecular complexity index is 528. The second kappa shape index (κ2) is 4.58. The van der Waals surface area contributed by atoms with Gasteiger partial charge in [-0.25, -0.2) is 4.68 Å². The lowest BCUT2D eigenvalue weighted by molar-refractivity contribution is 0.649. The minimum atomic E-state index is -0.218. The van der Waals surface area contributed by atoms with Crippen LogP contribution < -0.4 is 5.73 Å². The first-order valence-corrected chi connectivity index (χ1v) is 6.18. The van der Waals surface area contributed by atoms with Crippen molar-refractivity contribution < 1.29 is 0 Å². The molecule has 0 bridgehead atoms. The van der Waals surface area contributed by atoms with Crippen molar-refractivity contribution in [3.05, 3.63) is 45.2 Å². The van der Waals surface area contributed by atoms with Gasteiger partial charge in [0.2, 0.25) is 0 Å². The van der Waals surface area contributed by atoms with Gasteiger partial charge in [0.15, 0.2) is 4.60 Å². The highest BCUT2D eigenvalue weighted by Crippen LogP contribution is 2.27. The van der Waals surface area contributed by atoms with Gasteiger partial charge >= 0.3 is 0 Å². The molecule has 2 aromatic rings. The zero-order valence-electron chi connectivity index (χ0n) is 10.1. The number of aromatic nitrogens is 3. The van der Waals surface area contributed by atoms with E-state index >= 15 is 0 Å². The monoisotopic (exact) mass is 294 g/mol. The van der Waals surface area contributed by atoms with E-state index < -0.39 is 0 Å². The first-order chi connectivity index (χ1) is 8.02. The highest BCUT2D eigenvalue weighted by atomic mass is 79.9. The summed E-state index contributed by atoms with van der Waals surface area (Å²) in [5, 5.41) is 7.92. The van der Waals surface area contributed by atoms with Crippen LogP contribution in [-0.2, 0) is 7.05 Å². The molecule has 0 aliphatic heterocycles. The fourth-order valence-electron chi connectivity index (χ4n) is 1.93. The first kappa shape index (κ1) is 12.3. The van der Waals surface area contributed by atoms with E-state index in [9.17, 15) is 0 Å². The zero-order chi connectivity index (χ0) is 12.6. The quantitative estimate of drug-likeness (QED) is 0.924. The molecule has 0 aliphatic rings. The van der Waals surface area contributed by atoms with Gasteiger partial charge in [0.05, 0.1) is 11.7 Å². The fourth-order valence-corrected chi connectivity index (χ4v) is 2.50. The van der Waals surface area contributed by atoms with Gasteiger partial charge in [-0.3, -0.25) is 0 Å². The third kappa shape index (κ3) is 2.12. The van der Waals surface area contributed by atoms with Crippen LogP contribution in [0.2, 0.25) is 0 Å². The molecule has 17 heavy (non-hydrogen) atoms. The molecule has 0 spiro atoms. The largest absolute Gasteiger partial charge is 0.319 e. The van der Waals surface area contributed by atoms with Gasteiger partial charge in [-0.15, -0.1) is 5.10 Å². The summed E-state index contributed by atoms with van der Waals surface area (Å²) in [7, 11) is 1.85. The molecular weight excluding hydrogens is 280 g/mol. The smallest absolute Gasteiger partial charge is 0.153 e. The number of benzene rings is 1. The Hall–Kier alpha value is -1.20. The first-order valence-electron chi connectivity index (χ1n) is 5.39. The molecule has 0 aliphatic carbocycles. The lowest BCUT2D eigenvalue weighted by Crippen LogP contribution is -2.17. The van der Waals surface area contributed by atoms with Gasteiger partial charge in [0, 0.05) is 7.05 Å². The van der Waals surface area contributed by atoms with Gasteiger partial charge < -0.3 is 5.73 Å². The zero-order valence-corrected chi connectivity index (χ0v) is 11.7. The lowest BCUT2D eigenvalue weighted by atomic mass is 9.96. The summed E-state index contributed by atoms with van der Waals surface area (Å²) < 4.78 is 2.41.